The van der Waals surface area contributed by atoms with Gasteiger partial charge >= 0.3 is 23.9 Å². The van der Waals surface area contributed by atoms with Crippen molar-refractivity contribution in [2.24, 2.45) is 46.3 Å². The number of esters is 2. The molecule has 1 spiro atoms. The van der Waals surface area contributed by atoms with E-state index in [1.54, 1.807) is 5.57 Å². The molecular weight excluding hydrogens is 829 g/mol. The number of aliphatic hydroxyl groups excluding tert-OH is 1. The van der Waals surface area contributed by atoms with E-state index in [1.807, 2.05) is 0 Å². The Labute approximate surface area is 371 Å². The summed E-state index contributed by atoms with van der Waals surface area (Å²) in [6, 6.07) is 1.13. The molecule has 4 aliphatic carbocycles. The van der Waals surface area contributed by atoms with Crippen molar-refractivity contribution in [1.29, 1.82) is 0 Å². The number of hydrogen-bond donors (Lipinski definition) is 5. The number of fused-ring (bicyclic) bond motifs is 9. The Morgan fingerprint density at radius 3 is 2.38 bits per heavy atom. The second-order valence-corrected chi connectivity index (χ2v) is 19.7. The molecule has 7 aliphatic rings. The van der Waals surface area contributed by atoms with E-state index < -0.39 is 70.2 Å². The molecule has 2 aromatic carbocycles. The van der Waals surface area contributed by atoms with Gasteiger partial charge in [0.1, 0.15) is 29.2 Å². The summed E-state index contributed by atoms with van der Waals surface area (Å²) in [7, 11) is 0. The lowest BCUT2D eigenvalue weighted by Gasteiger charge is -2.57. The largest absolute Gasteiger partial charge is 0.507 e. The summed E-state index contributed by atoms with van der Waals surface area (Å²) < 4.78 is 29.2. The van der Waals surface area contributed by atoms with E-state index in [0.29, 0.717) is 52.8 Å². The topological polar surface area (TPSA) is 233 Å². The molecule has 2 saturated heterocycles. The highest BCUT2D eigenvalue weighted by molar-refractivity contribution is 6.03. The maximum absolute atomic E-state index is 12.9. The van der Waals surface area contributed by atoms with Gasteiger partial charge in [-0.25, -0.2) is 19.2 Å². The number of phenols is 2. The minimum atomic E-state index is -1.60. The van der Waals surface area contributed by atoms with Crippen molar-refractivity contribution >= 4 is 30.2 Å². The van der Waals surface area contributed by atoms with Gasteiger partial charge in [0.25, 0.3) is 0 Å². The zero-order chi connectivity index (χ0) is 46.2. The van der Waals surface area contributed by atoms with Crippen molar-refractivity contribution in [3.8, 4) is 28.7 Å². The van der Waals surface area contributed by atoms with Gasteiger partial charge in [-0.15, -0.1) is 0 Å². The van der Waals surface area contributed by atoms with Crippen molar-refractivity contribution < 1.29 is 73.2 Å². The molecule has 0 bridgehead atoms. The van der Waals surface area contributed by atoms with Crippen molar-refractivity contribution in [3.05, 3.63) is 63.2 Å². The highest BCUT2D eigenvalue weighted by atomic mass is 16.7. The van der Waals surface area contributed by atoms with E-state index in [4.69, 9.17) is 28.8 Å². The van der Waals surface area contributed by atoms with E-state index in [-0.39, 0.29) is 40.6 Å². The molecular formula is C49H58O15. The molecule has 64 heavy (non-hydrogen) atoms. The Morgan fingerprint density at radius 2 is 1.70 bits per heavy atom. The van der Waals surface area contributed by atoms with Crippen LogP contribution in [0.1, 0.15) is 133 Å². The van der Waals surface area contributed by atoms with Crippen molar-refractivity contribution in [2.75, 3.05) is 6.61 Å². The molecule has 11 unspecified atom stereocenters. The Balaban J connectivity index is 0.000000176. The smallest absolute Gasteiger partial charge is 0.347 e. The number of allylic oxidation sites excluding steroid dienone is 2. The maximum Gasteiger partial charge on any atom is 0.347 e. The van der Waals surface area contributed by atoms with Crippen LogP contribution in [0.4, 0.5) is 0 Å². The normalized spacial score (nSPS) is 34.5. The van der Waals surface area contributed by atoms with Crippen LogP contribution in [-0.4, -0.2) is 80.3 Å². The number of carbonyl (C=O) groups excluding carboxylic acids is 3. The van der Waals surface area contributed by atoms with Crippen LogP contribution >= 0.6 is 0 Å². The number of aldehydes is 1. The number of aliphatic carboxylic acids is 1. The summed E-state index contributed by atoms with van der Waals surface area (Å²) >= 11 is 0. The fraction of sp³-hybridized carbons (Fsp3) is 0.571. The average Bonchev–Trinajstić information content (AvgIpc) is 3.61. The predicted molar refractivity (Wildman–Crippen MR) is 227 cm³/mol. The standard InChI is InChI=1S/C27H42O3.C22H16O12/c1-16-7-12-27(29-15-16)17(2)24-23(30-27)14-22-20-6-5-18-13-19(28)8-10-25(18,3)21(20)9-11-26(22,24)4;1-8-5-12(24)10(6-23)19-15(8)22(31)34-20-11(7-32-14(27)4-3-13(25)26)17(28)16(21(29)30)9(2)18(20)33-19/h9,16-20,22-24,28H,5-8,10-15H2,1-4H3;3-6,24,28H,7H2,1-2H3,(H,25,26)(H,29,30). The van der Waals surface area contributed by atoms with Gasteiger partial charge in [-0.1, -0.05) is 39.3 Å². The van der Waals surface area contributed by atoms with Crippen molar-refractivity contribution in [3.63, 3.8) is 0 Å². The first kappa shape index (κ1) is 45.3. The molecule has 5 fully saturated rings. The number of aromatic hydroxyl groups is 2. The Kier molecular flexibility index (Phi) is 11.8. The van der Waals surface area contributed by atoms with Crippen LogP contribution in [0, 0.1) is 60.2 Å². The number of ether oxygens (including phenoxy) is 5. The van der Waals surface area contributed by atoms with Gasteiger partial charge in [0.15, 0.2) is 29.3 Å². The molecule has 15 nitrogen and oxygen atoms in total. The van der Waals surface area contributed by atoms with Gasteiger partial charge in [-0.3, -0.25) is 4.79 Å². The minimum absolute atomic E-state index is 0.0661. The second-order valence-electron chi connectivity index (χ2n) is 19.7. The van der Waals surface area contributed by atoms with Gasteiger partial charge in [0.2, 0.25) is 0 Å². The molecule has 0 aromatic heterocycles. The second kappa shape index (κ2) is 16.6. The molecule has 0 radical (unpaired) electrons. The zero-order valence-electron chi connectivity index (χ0n) is 37.1. The Bertz CT molecular complexity index is 2350. The average molecular weight is 887 g/mol. The van der Waals surface area contributed by atoms with Crippen LogP contribution in [0.15, 0.2) is 29.9 Å². The number of rotatable bonds is 6. The number of aliphatic hydroxyl groups is 1. The summed E-state index contributed by atoms with van der Waals surface area (Å²) in [6.45, 7) is 12.6. The Morgan fingerprint density at radius 1 is 0.953 bits per heavy atom. The van der Waals surface area contributed by atoms with Gasteiger partial charge in [-0.05, 0) is 117 Å². The van der Waals surface area contributed by atoms with Crippen molar-refractivity contribution in [1.82, 2.24) is 0 Å². The lowest BCUT2D eigenvalue weighted by Crippen LogP contribution is -2.50. The fourth-order valence-corrected chi connectivity index (χ4v) is 12.8. The first-order chi connectivity index (χ1) is 30.2. The van der Waals surface area contributed by atoms with Gasteiger partial charge < -0.3 is 49.2 Å². The first-order valence-corrected chi connectivity index (χ1v) is 22.4. The van der Waals surface area contributed by atoms with Gasteiger partial charge in [0.05, 0.1) is 29.9 Å². The number of hydrogen-bond acceptors (Lipinski definition) is 13. The number of aryl methyl sites for hydroxylation is 1. The minimum Gasteiger partial charge on any atom is -0.507 e. The molecule has 3 saturated carbocycles. The van der Waals surface area contributed by atoms with E-state index in [0.717, 1.165) is 43.8 Å². The van der Waals surface area contributed by atoms with E-state index in [1.165, 1.54) is 52.4 Å². The number of phenolic OH excluding ortho intramolecular Hbond substituents is 1. The summed E-state index contributed by atoms with van der Waals surface area (Å²) in [5.41, 5.74) is 0.658. The number of carboxylic acids is 2. The number of carboxylic acid groups (broad SMARTS) is 2. The molecule has 15 heteroatoms. The lowest BCUT2D eigenvalue weighted by molar-refractivity contribution is -0.272. The summed E-state index contributed by atoms with van der Waals surface area (Å²) in [5.74, 6) is -4.23. The maximum atomic E-state index is 12.9. The summed E-state index contributed by atoms with van der Waals surface area (Å²) in [5, 5.41) is 49.2. The van der Waals surface area contributed by atoms with Crippen LogP contribution in [0.25, 0.3) is 0 Å². The predicted octanol–water partition coefficient (Wildman–Crippen LogP) is 7.95. The third-order valence-electron chi connectivity index (χ3n) is 16.1. The van der Waals surface area contributed by atoms with Crippen LogP contribution in [0.2, 0.25) is 0 Å². The zero-order valence-corrected chi connectivity index (χ0v) is 37.1. The lowest BCUT2D eigenvalue weighted by atomic mass is 9.48. The third-order valence-corrected chi connectivity index (χ3v) is 16.1. The molecule has 3 heterocycles. The Hall–Kier alpha value is -5.25. The molecule has 11 atom stereocenters. The number of benzene rings is 2. The molecule has 9 rings (SSSR count). The monoisotopic (exact) mass is 886 g/mol. The van der Waals surface area contributed by atoms with Crippen LogP contribution < -0.4 is 9.47 Å². The van der Waals surface area contributed by atoms with Crippen molar-refractivity contribution in [2.45, 2.75) is 124 Å². The van der Waals surface area contributed by atoms with Crippen LogP contribution in [0.5, 0.6) is 28.7 Å². The van der Waals surface area contributed by atoms with E-state index >= 15 is 0 Å². The van der Waals surface area contributed by atoms with Gasteiger partial charge in [-0.2, -0.15) is 0 Å². The van der Waals surface area contributed by atoms with Crippen LogP contribution in [-0.2, 0) is 30.4 Å². The van der Waals surface area contributed by atoms with E-state index in [9.17, 15) is 44.4 Å². The summed E-state index contributed by atoms with van der Waals surface area (Å²) in [4.78, 5) is 58.6. The molecule has 344 valence electrons. The number of aromatic carboxylic acids is 1. The molecule has 0 amide bonds. The van der Waals surface area contributed by atoms with Crippen LogP contribution in [0.3, 0.4) is 0 Å². The first-order valence-electron chi connectivity index (χ1n) is 22.4. The molecule has 5 N–H and O–H groups in total. The molecule has 2 aromatic rings. The molecule has 3 aliphatic heterocycles. The van der Waals surface area contributed by atoms with Gasteiger partial charge in [0, 0.05) is 30.1 Å². The quantitative estimate of drug-likeness (QED) is 0.0609. The fourth-order valence-electron chi connectivity index (χ4n) is 12.8. The highest BCUT2D eigenvalue weighted by Gasteiger charge is 2.68. The number of carbonyl (C=O) groups is 5. The van der Waals surface area contributed by atoms with E-state index in [2.05, 4.69) is 33.8 Å². The SMILES string of the molecule is CC1CCC2(OC1)OC1CC3C4CCC5CC(O)CCC5(C)C4=CCC3(C)C1C2C.Cc1cc(O)c(C=O)c2c1C(=O)Oc1c(COC(=O)C=CC(=O)O)c(O)c(C(=O)O)c(C)c1O2. The summed E-state index contributed by atoms with van der Waals surface area (Å²) in [6.07, 6.45) is 14.9. The highest BCUT2D eigenvalue weighted by Crippen LogP contribution is 2.70. The third kappa shape index (κ3) is 7.37.